The number of para-hydroxylation sites is 1. The van der Waals surface area contributed by atoms with E-state index in [1.54, 1.807) is 0 Å². The Balaban J connectivity index is 0.989. The maximum atomic E-state index is 6.30. The van der Waals surface area contributed by atoms with Crippen LogP contribution in [0, 0.1) is 0 Å². The largest absolute Gasteiger partial charge is 0.456 e. The van der Waals surface area contributed by atoms with Crippen LogP contribution in [-0.4, -0.2) is 0 Å². The number of anilines is 3. The van der Waals surface area contributed by atoms with E-state index in [0.717, 1.165) is 50.1 Å². The molecule has 0 bridgehead atoms. The molecule has 2 heteroatoms. The monoisotopic (exact) mass is 889 g/mol. The van der Waals surface area contributed by atoms with Gasteiger partial charge in [0.05, 0.1) is 16.5 Å². The summed E-state index contributed by atoms with van der Waals surface area (Å²) in [6.07, 6.45) is 0. The lowest BCUT2D eigenvalue weighted by atomic mass is 9.67. The summed E-state index contributed by atoms with van der Waals surface area (Å²) >= 11 is 0. The van der Waals surface area contributed by atoms with Gasteiger partial charge in [-0.25, -0.2) is 0 Å². The molecule has 2 nitrogen and oxygen atoms in total. The Labute approximate surface area is 407 Å². The predicted octanol–water partition coefficient (Wildman–Crippen LogP) is 17.4. The van der Waals surface area contributed by atoms with Gasteiger partial charge in [0.25, 0.3) is 0 Å². The summed E-state index contributed by atoms with van der Waals surface area (Å²) in [6.45, 7) is 0. The fourth-order valence-corrected chi connectivity index (χ4v) is 13.0. The summed E-state index contributed by atoms with van der Waals surface area (Å²) in [6, 6.07) is 96.9. The number of benzene rings is 11. The maximum Gasteiger partial charge on any atom is 0.135 e. The Kier molecular flexibility index (Phi) is 8.24. The summed E-state index contributed by atoms with van der Waals surface area (Å²) in [5, 5.41) is 2.24. The topological polar surface area (TPSA) is 16.4 Å². The zero-order chi connectivity index (χ0) is 46.0. The van der Waals surface area contributed by atoms with Gasteiger partial charge in [-0.2, -0.15) is 0 Å². The Morgan fingerprint density at radius 3 is 1.39 bits per heavy atom. The van der Waals surface area contributed by atoms with Crippen molar-refractivity contribution in [1.29, 1.82) is 0 Å². The molecule has 0 fully saturated rings. The molecule has 326 valence electrons. The van der Waals surface area contributed by atoms with E-state index >= 15 is 0 Å². The van der Waals surface area contributed by atoms with E-state index in [-0.39, 0.29) is 0 Å². The van der Waals surface area contributed by atoms with Crippen LogP contribution in [0.5, 0.6) is 0 Å². The summed E-state index contributed by atoms with van der Waals surface area (Å²) in [5.74, 6) is 0. The highest BCUT2D eigenvalue weighted by Gasteiger charge is 2.53. The van der Waals surface area contributed by atoms with Crippen LogP contribution < -0.4 is 4.90 Å². The molecule has 1 spiro atoms. The first-order valence-electron chi connectivity index (χ1n) is 24.3. The minimum atomic E-state index is -0.548. The first kappa shape index (κ1) is 39.1. The molecule has 0 saturated carbocycles. The summed E-state index contributed by atoms with van der Waals surface area (Å²) < 4.78 is 6.30. The lowest BCUT2D eigenvalue weighted by Crippen LogP contribution is -2.29. The van der Waals surface area contributed by atoms with Gasteiger partial charge in [0.1, 0.15) is 11.2 Å². The van der Waals surface area contributed by atoms with Crippen molar-refractivity contribution < 1.29 is 4.42 Å². The Morgan fingerprint density at radius 2 is 0.757 bits per heavy atom. The van der Waals surface area contributed by atoms with Crippen molar-refractivity contribution in [2.45, 2.75) is 10.8 Å². The van der Waals surface area contributed by atoms with Crippen LogP contribution in [-0.2, 0) is 10.8 Å². The first-order chi connectivity index (χ1) is 34.7. The van der Waals surface area contributed by atoms with Crippen LogP contribution in [0.2, 0.25) is 0 Å². The molecule has 0 saturated heterocycles. The molecular formula is C68H43NO. The van der Waals surface area contributed by atoms with E-state index in [0.29, 0.717) is 0 Å². The molecule has 15 rings (SSSR count). The number of fused-ring (bicyclic) bond motifs is 16. The first-order valence-corrected chi connectivity index (χ1v) is 24.3. The number of furan rings is 1. The smallest absolute Gasteiger partial charge is 0.135 e. The molecule has 3 aliphatic rings. The Hall–Kier alpha value is -8.98. The van der Waals surface area contributed by atoms with Gasteiger partial charge in [0, 0.05) is 27.7 Å². The lowest BCUT2D eigenvalue weighted by molar-refractivity contribution is 0.669. The van der Waals surface area contributed by atoms with Crippen molar-refractivity contribution in [3.8, 4) is 44.5 Å². The lowest BCUT2D eigenvalue weighted by Gasteiger charge is -2.36. The minimum Gasteiger partial charge on any atom is -0.456 e. The third kappa shape index (κ3) is 5.17. The highest BCUT2D eigenvalue weighted by atomic mass is 16.3. The summed E-state index contributed by atoms with van der Waals surface area (Å²) in [7, 11) is 0. The average Bonchev–Trinajstić information content (AvgIpc) is 4.15. The van der Waals surface area contributed by atoms with E-state index in [1.165, 1.54) is 77.9 Å². The van der Waals surface area contributed by atoms with Gasteiger partial charge in [-0.1, -0.05) is 212 Å². The summed E-state index contributed by atoms with van der Waals surface area (Å²) in [4.78, 5) is 2.53. The number of rotatable bonds is 6. The molecular weight excluding hydrogens is 847 g/mol. The molecule has 12 aromatic rings. The predicted molar refractivity (Wildman–Crippen MR) is 287 cm³/mol. The number of hydrogen-bond acceptors (Lipinski definition) is 2. The van der Waals surface area contributed by atoms with Crippen LogP contribution >= 0.6 is 0 Å². The molecule has 1 heterocycles. The highest BCUT2D eigenvalue weighted by molar-refractivity contribution is 6.06. The zero-order valence-electron chi connectivity index (χ0n) is 38.2. The second-order valence-corrected chi connectivity index (χ2v) is 19.0. The third-order valence-electron chi connectivity index (χ3n) is 15.8. The number of hydrogen-bond donors (Lipinski definition) is 0. The maximum absolute atomic E-state index is 6.30. The number of nitrogens with zero attached hydrogens (tertiary/aromatic N) is 1. The quantitative estimate of drug-likeness (QED) is 0.165. The van der Waals surface area contributed by atoms with Crippen molar-refractivity contribution in [2.75, 3.05) is 4.90 Å². The van der Waals surface area contributed by atoms with Gasteiger partial charge in [-0.05, 0) is 132 Å². The van der Waals surface area contributed by atoms with Gasteiger partial charge in [0.2, 0.25) is 0 Å². The standard InChI is InChI=1S/C68H43NO/c1-2-19-46(20-3-1)67(58-29-10-4-22-50(58)51-23-5-11-30-59(51)67)47-37-39-48(40-38-47)69(49-21-16-18-44(42-49)45-36-41-65-57(43-45)55-27-9-15-35-64(55)70-65)63-34-17-28-56-54-26-8-14-33-62(54)68(66(56)63)60-31-12-6-24-52(60)53-25-7-13-32-61(53)68/h1-43H. The van der Waals surface area contributed by atoms with Crippen LogP contribution in [0.4, 0.5) is 17.1 Å². The van der Waals surface area contributed by atoms with Gasteiger partial charge in [0.15, 0.2) is 0 Å². The van der Waals surface area contributed by atoms with Gasteiger partial charge >= 0.3 is 0 Å². The van der Waals surface area contributed by atoms with E-state index in [4.69, 9.17) is 4.42 Å². The van der Waals surface area contributed by atoms with Crippen LogP contribution in [0.25, 0.3) is 66.4 Å². The zero-order valence-corrected chi connectivity index (χ0v) is 38.2. The third-order valence-corrected chi connectivity index (χ3v) is 15.8. The van der Waals surface area contributed by atoms with Crippen molar-refractivity contribution in [1.82, 2.24) is 0 Å². The van der Waals surface area contributed by atoms with E-state index in [9.17, 15) is 0 Å². The van der Waals surface area contributed by atoms with E-state index < -0.39 is 10.8 Å². The molecule has 11 aromatic carbocycles. The van der Waals surface area contributed by atoms with E-state index in [1.807, 2.05) is 6.07 Å². The molecule has 0 unspecified atom stereocenters. The molecule has 3 aliphatic carbocycles. The second kappa shape index (κ2) is 14.8. The molecule has 0 radical (unpaired) electrons. The normalized spacial score (nSPS) is 13.9. The summed E-state index contributed by atoms with van der Waals surface area (Å²) in [5.41, 5.74) is 24.4. The fourth-order valence-electron chi connectivity index (χ4n) is 13.0. The molecule has 1 aromatic heterocycles. The van der Waals surface area contributed by atoms with Crippen molar-refractivity contribution in [3.63, 3.8) is 0 Å². The minimum absolute atomic E-state index is 0.509. The van der Waals surface area contributed by atoms with Crippen LogP contribution in [0.1, 0.15) is 44.5 Å². The SMILES string of the molecule is c1ccc(C2(c3ccc(N(c4cccc(-c5ccc6oc7ccccc7c6c5)c4)c4cccc5c4C4(c6ccccc6-c6ccccc64)c4ccccc4-5)cc3)c3ccccc3-c3ccccc32)cc1. The van der Waals surface area contributed by atoms with E-state index in [2.05, 4.69) is 260 Å². The average molecular weight is 890 g/mol. The van der Waals surface area contributed by atoms with Crippen LogP contribution in [0.3, 0.4) is 0 Å². The van der Waals surface area contributed by atoms with Crippen molar-refractivity contribution in [2.24, 2.45) is 0 Å². The van der Waals surface area contributed by atoms with Crippen molar-refractivity contribution >= 4 is 39.0 Å². The van der Waals surface area contributed by atoms with Crippen LogP contribution in [0.15, 0.2) is 265 Å². The Morgan fingerprint density at radius 1 is 0.286 bits per heavy atom. The fraction of sp³-hybridized carbons (Fsp3) is 0.0294. The molecule has 0 N–H and O–H groups in total. The van der Waals surface area contributed by atoms with Crippen molar-refractivity contribution in [3.05, 3.63) is 305 Å². The van der Waals surface area contributed by atoms with Gasteiger partial charge in [-0.15, -0.1) is 0 Å². The Bertz CT molecular complexity index is 3970. The molecule has 0 amide bonds. The highest BCUT2D eigenvalue weighted by Crippen LogP contribution is 2.65. The van der Waals surface area contributed by atoms with Gasteiger partial charge in [-0.3, -0.25) is 0 Å². The molecule has 0 atom stereocenters. The molecule has 70 heavy (non-hydrogen) atoms. The van der Waals surface area contributed by atoms with Gasteiger partial charge < -0.3 is 9.32 Å². The second-order valence-electron chi connectivity index (χ2n) is 19.0. The molecule has 0 aliphatic heterocycles.